The van der Waals surface area contributed by atoms with Crippen molar-refractivity contribution in [3.8, 4) is 6.07 Å². The Balaban J connectivity index is 1.81. The fourth-order valence-electron chi connectivity index (χ4n) is 2.76. The molecule has 2 fully saturated rings. The summed E-state index contributed by atoms with van der Waals surface area (Å²) in [5, 5.41) is 12.6. The normalized spacial score (nSPS) is 17.8. The van der Waals surface area contributed by atoms with E-state index < -0.39 is 0 Å². The van der Waals surface area contributed by atoms with E-state index in [0.717, 1.165) is 42.7 Å². The molecular weight excluding hydrogens is 246 g/mol. The van der Waals surface area contributed by atoms with Gasteiger partial charge in [-0.1, -0.05) is 6.07 Å². The molecule has 3 nitrogen and oxygen atoms in total. The Kier molecular flexibility index (Phi) is 3.93. The van der Waals surface area contributed by atoms with Crippen LogP contribution in [0.3, 0.4) is 0 Å². The van der Waals surface area contributed by atoms with Crippen LogP contribution >= 0.6 is 0 Å². The van der Waals surface area contributed by atoms with Crippen molar-refractivity contribution in [1.29, 1.82) is 5.26 Å². The summed E-state index contributed by atoms with van der Waals surface area (Å²) in [4.78, 5) is 2.47. The van der Waals surface area contributed by atoms with E-state index >= 15 is 0 Å². The lowest BCUT2D eigenvalue weighted by Crippen LogP contribution is -2.28. The number of benzene rings is 1. The predicted octanol–water partition coefficient (Wildman–Crippen LogP) is 2.90. The fraction of sp³-hybridized carbons (Fsp3) is 0.588. The van der Waals surface area contributed by atoms with E-state index in [0.29, 0.717) is 0 Å². The molecule has 1 aromatic rings. The Hall–Kier alpha value is -1.53. The maximum absolute atomic E-state index is 9.46. The molecule has 1 N–H and O–H groups in total. The van der Waals surface area contributed by atoms with Crippen molar-refractivity contribution in [2.75, 3.05) is 25.0 Å². The summed E-state index contributed by atoms with van der Waals surface area (Å²) in [5.41, 5.74) is 3.16. The molecule has 0 heterocycles. The van der Waals surface area contributed by atoms with Gasteiger partial charge < -0.3 is 10.2 Å². The van der Waals surface area contributed by atoms with Gasteiger partial charge in [-0.05, 0) is 62.3 Å². The number of nitriles is 1. The van der Waals surface area contributed by atoms with Gasteiger partial charge in [0.05, 0.1) is 11.3 Å². The minimum Gasteiger partial charge on any atom is -0.370 e. The Morgan fingerprint density at radius 3 is 2.35 bits per heavy atom. The summed E-state index contributed by atoms with van der Waals surface area (Å²) < 4.78 is 0. The minimum absolute atomic E-state index is 0.820. The Bertz CT molecular complexity index is 495. The largest absolute Gasteiger partial charge is 0.370 e. The zero-order valence-electron chi connectivity index (χ0n) is 12.2. The van der Waals surface area contributed by atoms with Crippen molar-refractivity contribution in [2.45, 2.75) is 32.2 Å². The van der Waals surface area contributed by atoms with E-state index in [2.05, 4.69) is 28.4 Å². The highest BCUT2D eigenvalue weighted by Gasteiger charge is 2.30. The molecule has 3 rings (SSSR count). The van der Waals surface area contributed by atoms with Gasteiger partial charge >= 0.3 is 0 Å². The molecule has 0 radical (unpaired) electrons. The number of hydrogen-bond donors (Lipinski definition) is 1. The highest BCUT2D eigenvalue weighted by molar-refractivity contribution is 5.60. The zero-order chi connectivity index (χ0) is 13.9. The van der Waals surface area contributed by atoms with Crippen molar-refractivity contribution >= 4 is 5.69 Å². The van der Waals surface area contributed by atoms with E-state index in [1.165, 1.54) is 31.2 Å². The Labute approximate surface area is 121 Å². The van der Waals surface area contributed by atoms with Crippen LogP contribution in [0, 0.1) is 23.2 Å². The van der Waals surface area contributed by atoms with Gasteiger partial charge in [0.2, 0.25) is 0 Å². The molecule has 2 saturated carbocycles. The fourth-order valence-corrected chi connectivity index (χ4v) is 2.76. The third-order valence-corrected chi connectivity index (χ3v) is 4.25. The van der Waals surface area contributed by atoms with Crippen LogP contribution in [0.1, 0.15) is 36.8 Å². The third-order valence-electron chi connectivity index (χ3n) is 4.25. The number of rotatable bonds is 7. The smallest absolute Gasteiger partial charge is 0.101 e. The first-order chi connectivity index (χ1) is 9.80. The van der Waals surface area contributed by atoms with Gasteiger partial charge in [-0.15, -0.1) is 0 Å². The quantitative estimate of drug-likeness (QED) is 0.827. The second-order valence-electron chi connectivity index (χ2n) is 6.29. The summed E-state index contributed by atoms with van der Waals surface area (Å²) in [5.74, 6) is 1.72. The first-order valence-electron chi connectivity index (χ1n) is 7.72. The standard InChI is InChI=1S/C17H23N3/c1-19-10-15-6-7-17(16(8-15)9-18)20(11-13-2-3-13)12-14-4-5-14/h6-8,13-14,19H,2-5,10-12H2,1H3. The van der Waals surface area contributed by atoms with Gasteiger partial charge in [-0.25, -0.2) is 0 Å². The topological polar surface area (TPSA) is 39.1 Å². The summed E-state index contributed by atoms with van der Waals surface area (Å²) in [6.07, 6.45) is 5.45. The minimum atomic E-state index is 0.820. The number of hydrogen-bond acceptors (Lipinski definition) is 3. The number of anilines is 1. The molecule has 0 amide bonds. The SMILES string of the molecule is CNCc1ccc(N(CC2CC2)CC2CC2)c(C#N)c1. The van der Waals surface area contributed by atoms with Gasteiger partial charge in [0, 0.05) is 19.6 Å². The molecule has 0 aliphatic heterocycles. The molecular formula is C17H23N3. The summed E-state index contributed by atoms with van der Waals surface area (Å²) >= 11 is 0. The highest BCUT2D eigenvalue weighted by Crippen LogP contribution is 2.36. The first-order valence-corrected chi connectivity index (χ1v) is 7.72. The molecule has 3 heteroatoms. The monoisotopic (exact) mass is 269 g/mol. The summed E-state index contributed by atoms with van der Waals surface area (Å²) in [7, 11) is 1.94. The van der Waals surface area contributed by atoms with Crippen LogP contribution in [-0.2, 0) is 6.54 Å². The van der Waals surface area contributed by atoms with Crippen molar-refractivity contribution in [2.24, 2.45) is 11.8 Å². The van der Waals surface area contributed by atoms with Crippen molar-refractivity contribution in [3.05, 3.63) is 29.3 Å². The summed E-state index contributed by atoms with van der Waals surface area (Å²) in [6.45, 7) is 3.09. The lowest BCUT2D eigenvalue weighted by molar-refractivity contribution is 0.678. The van der Waals surface area contributed by atoms with Crippen molar-refractivity contribution in [1.82, 2.24) is 5.32 Å². The number of nitrogens with one attached hydrogen (secondary N) is 1. The van der Waals surface area contributed by atoms with Gasteiger partial charge in [-0.2, -0.15) is 5.26 Å². The van der Waals surface area contributed by atoms with E-state index in [1.807, 2.05) is 13.1 Å². The third kappa shape index (κ3) is 3.32. The van der Waals surface area contributed by atoms with Gasteiger partial charge in [0.25, 0.3) is 0 Å². The van der Waals surface area contributed by atoms with Gasteiger partial charge in [0.1, 0.15) is 6.07 Å². The van der Waals surface area contributed by atoms with Gasteiger partial charge in [-0.3, -0.25) is 0 Å². The van der Waals surface area contributed by atoms with E-state index in [-0.39, 0.29) is 0 Å². The second-order valence-corrected chi connectivity index (χ2v) is 6.29. The van der Waals surface area contributed by atoms with E-state index in [4.69, 9.17) is 0 Å². The molecule has 0 atom stereocenters. The predicted molar refractivity (Wildman–Crippen MR) is 81.6 cm³/mol. The molecule has 20 heavy (non-hydrogen) atoms. The van der Waals surface area contributed by atoms with Gasteiger partial charge in [0.15, 0.2) is 0 Å². The maximum atomic E-state index is 9.46. The lowest BCUT2D eigenvalue weighted by atomic mass is 10.1. The molecule has 2 aliphatic carbocycles. The average Bonchev–Trinajstić information content (AvgIpc) is 3.34. The molecule has 0 unspecified atom stereocenters. The summed E-state index contributed by atoms with van der Waals surface area (Å²) in [6, 6.07) is 8.73. The lowest BCUT2D eigenvalue weighted by Gasteiger charge is -2.26. The number of nitrogens with zero attached hydrogens (tertiary/aromatic N) is 2. The maximum Gasteiger partial charge on any atom is 0.101 e. The van der Waals surface area contributed by atoms with Crippen LogP contribution in [0.4, 0.5) is 5.69 Å². The van der Waals surface area contributed by atoms with Crippen LogP contribution in [0.25, 0.3) is 0 Å². The molecule has 0 spiro atoms. The van der Waals surface area contributed by atoms with Crippen LogP contribution in [0.2, 0.25) is 0 Å². The molecule has 0 aromatic heterocycles. The second kappa shape index (κ2) is 5.85. The molecule has 1 aromatic carbocycles. The van der Waals surface area contributed by atoms with E-state index in [9.17, 15) is 5.26 Å². The Morgan fingerprint density at radius 2 is 1.85 bits per heavy atom. The van der Waals surface area contributed by atoms with Crippen LogP contribution < -0.4 is 10.2 Å². The molecule has 0 bridgehead atoms. The van der Waals surface area contributed by atoms with Crippen LogP contribution in [-0.4, -0.2) is 20.1 Å². The Morgan fingerprint density at radius 1 is 1.20 bits per heavy atom. The van der Waals surface area contributed by atoms with Crippen molar-refractivity contribution < 1.29 is 0 Å². The molecule has 106 valence electrons. The first kappa shape index (κ1) is 13.5. The molecule has 0 saturated heterocycles. The van der Waals surface area contributed by atoms with Crippen molar-refractivity contribution in [3.63, 3.8) is 0 Å². The average molecular weight is 269 g/mol. The molecule has 2 aliphatic rings. The van der Waals surface area contributed by atoms with Crippen LogP contribution in [0.5, 0.6) is 0 Å². The van der Waals surface area contributed by atoms with Crippen LogP contribution in [0.15, 0.2) is 18.2 Å². The highest BCUT2D eigenvalue weighted by atomic mass is 15.1. The zero-order valence-corrected chi connectivity index (χ0v) is 12.2. The van der Waals surface area contributed by atoms with E-state index in [1.54, 1.807) is 0 Å².